The number of amides is 1. The quantitative estimate of drug-likeness (QED) is 0.230. The van der Waals surface area contributed by atoms with Crippen molar-refractivity contribution in [2.24, 2.45) is 0 Å². The zero-order valence-electron chi connectivity index (χ0n) is 21.3. The number of fused-ring (bicyclic) bond motifs is 2. The molecule has 4 aromatic rings. The van der Waals surface area contributed by atoms with E-state index in [9.17, 15) is 9.59 Å². The number of rotatable bonds is 8. The summed E-state index contributed by atoms with van der Waals surface area (Å²) in [6.45, 7) is 6.85. The number of carbonyl (C=O) groups excluding carboxylic acids is 1. The van der Waals surface area contributed by atoms with Crippen LogP contribution in [-0.2, 0) is 6.54 Å². The molecule has 0 fully saturated rings. The Hall–Kier alpha value is -3.57. The van der Waals surface area contributed by atoms with E-state index in [1.165, 1.54) is 0 Å². The number of unbranched alkanes of at least 4 members (excludes halogenated alkanes) is 2. The van der Waals surface area contributed by atoms with Gasteiger partial charge in [-0.15, -0.1) is 0 Å². The number of aryl methyl sites for hydroxylation is 2. The average molecular weight is 516 g/mol. The zero-order valence-corrected chi connectivity index (χ0v) is 22.1. The molecule has 190 valence electrons. The van der Waals surface area contributed by atoms with Crippen LogP contribution in [0.25, 0.3) is 11.0 Å². The summed E-state index contributed by atoms with van der Waals surface area (Å²) in [7, 11) is 0. The maximum absolute atomic E-state index is 14.0. The van der Waals surface area contributed by atoms with Gasteiger partial charge in [0.25, 0.3) is 5.91 Å². The Balaban J connectivity index is 1.65. The van der Waals surface area contributed by atoms with Crippen LogP contribution in [0, 0.1) is 13.8 Å². The van der Waals surface area contributed by atoms with Gasteiger partial charge in [0.15, 0.2) is 5.43 Å². The fourth-order valence-electron chi connectivity index (χ4n) is 5.11. The van der Waals surface area contributed by atoms with Crippen LogP contribution in [-0.4, -0.2) is 17.4 Å². The summed E-state index contributed by atoms with van der Waals surface area (Å²) in [5.74, 6) is 0.480. The average Bonchev–Trinajstić information content (AvgIpc) is 3.16. The van der Waals surface area contributed by atoms with Crippen LogP contribution in [0.15, 0.2) is 69.9 Å². The van der Waals surface area contributed by atoms with Gasteiger partial charge in [0.1, 0.15) is 11.3 Å². The molecule has 37 heavy (non-hydrogen) atoms. The van der Waals surface area contributed by atoms with Crippen molar-refractivity contribution in [2.45, 2.75) is 52.6 Å². The van der Waals surface area contributed by atoms with Gasteiger partial charge < -0.3 is 14.1 Å². The Morgan fingerprint density at radius 2 is 1.81 bits per heavy atom. The molecule has 1 atom stereocenters. The van der Waals surface area contributed by atoms with Crippen molar-refractivity contribution in [2.75, 3.05) is 6.61 Å². The molecule has 0 radical (unpaired) electrons. The number of carbonyl (C=O) groups is 1. The lowest BCUT2D eigenvalue weighted by Gasteiger charge is -2.26. The Bertz CT molecular complexity index is 1540. The highest BCUT2D eigenvalue weighted by Crippen LogP contribution is 2.41. The summed E-state index contributed by atoms with van der Waals surface area (Å²) >= 11 is 6.48. The van der Waals surface area contributed by atoms with Crippen molar-refractivity contribution in [1.29, 1.82) is 0 Å². The van der Waals surface area contributed by atoms with Gasteiger partial charge in [-0.1, -0.05) is 67.8 Å². The first-order valence-electron chi connectivity index (χ1n) is 12.7. The standard InChI is InChI=1S/C31H30ClNO4/c1-4-5-8-14-36-23-12-9-11-21(17-23)27-26-28(34)24-16-19(2)15-20(3)29(24)37-30(26)31(35)33(27)18-22-10-6-7-13-25(22)32/h6-7,9-13,15-17,27H,4-5,8,14,18H2,1-3H3. The van der Waals surface area contributed by atoms with E-state index in [2.05, 4.69) is 6.92 Å². The molecular weight excluding hydrogens is 486 g/mol. The normalized spacial score (nSPS) is 14.9. The summed E-state index contributed by atoms with van der Waals surface area (Å²) in [5, 5.41) is 1.05. The van der Waals surface area contributed by atoms with Crippen molar-refractivity contribution in [3.05, 3.63) is 109 Å². The number of ether oxygens (including phenoxy) is 1. The topological polar surface area (TPSA) is 59.8 Å². The predicted octanol–water partition coefficient (Wildman–Crippen LogP) is 7.38. The molecule has 5 nitrogen and oxygen atoms in total. The largest absolute Gasteiger partial charge is 0.494 e. The van der Waals surface area contributed by atoms with Gasteiger partial charge in [-0.3, -0.25) is 9.59 Å². The lowest BCUT2D eigenvalue weighted by atomic mass is 9.97. The molecule has 6 heteroatoms. The predicted molar refractivity (Wildman–Crippen MR) is 147 cm³/mol. The number of benzene rings is 3. The first-order chi connectivity index (χ1) is 17.9. The maximum Gasteiger partial charge on any atom is 0.291 e. The molecule has 0 bridgehead atoms. The van der Waals surface area contributed by atoms with Gasteiger partial charge in [0, 0.05) is 11.6 Å². The van der Waals surface area contributed by atoms with Gasteiger partial charge in [-0.25, -0.2) is 0 Å². The van der Waals surface area contributed by atoms with Gasteiger partial charge >= 0.3 is 0 Å². The molecule has 0 aliphatic carbocycles. The Labute approximate surface area is 221 Å². The molecule has 5 rings (SSSR count). The summed E-state index contributed by atoms with van der Waals surface area (Å²) in [5.41, 5.74) is 4.01. The summed E-state index contributed by atoms with van der Waals surface area (Å²) < 4.78 is 12.2. The van der Waals surface area contributed by atoms with E-state index in [0.29, 0.717) is 33.9 Å². The summed E-state index contributed by atoms with van der Waals surface area (Å²) in [6.07, 6.45) is 3.19. The van der Waals surface area contributed by atoms with Gasteiger partial charge in [-0.2, -0.15) is 0 Å². The van der Waals surface area contributed by atoms with Crippen LogP contribution in [0.3, 0.4) is 0 Å². The van der Waals surface area contributed by atoms with Crippen molar-refractivity contribution < 1.29 is 13.9 Å². The van der Waals surface area contributed by atoms with Crippen LogP contribution in [0.2, 0.25) is 5.02 Å². The highest BCUT2D eigenvalue weighted by atomic mass is 35.5. The van der Waals surface area contributed by atoms with E-state index in [1.54, 1.807) is 11.0 Å². The van der Waals surface area contributed by atoms with E-state index in [-0.39, 0.29) is 23.6 Å². The fraction of sp³-hybridized carbons (Fsp3) is 0.290. The van der Waals surface area contributed by atoms with Crippen LogP contribution >= 0.6 is 11.6 Å². The molecule has 1 aromatic heterocycles. The van der Waals surface area contributed by atoms with Crippen molar-refractivity contribution >= 4 is 28.5 Å². The lowest BCUT2D eigenvalue weighted by molar-refractivity contribution is 0.0714. The fourth-order valence-corrected chi connectivity index (χ4v) is 5.31. The van der Waals surface area contributed by atoms with E-state index in [0.717, 1.165) is 41.5 Å². The van der Waals surface area contributed by atoms with Gasteiger partial charge in [0.05, 0.1) is 23.6 Å². The monoisotopic (exact) mass is 515 g/mol. The minimum Gasteiger partial charge on any atom is -0.494 e. The minimum absolute atomic E-state index is 0.0933. The molecular formula is C31H30ClNO4. The first-order valence-corrected chi connectivity index (χ1v) is 13.1. The van der Waals surface area contributed by atoms with Crippen molar-refractivity contribution in [1.82, 2.24) is 4.90 Å². The molecule has 2 heterocycles. The second-order valence-corrected chi connectivity index (χ2v) is 10.1. The van der Waals surface area contributed by atoms with Crippen molar-refractivity contribution in [3.8, 4) is 5.75 Å². The second kappa shape index (κ2) is 10.4. The van der Waals surface area contributed by atoms with E-state index in [4.69, 9.17) is 20.8 Å². The van der Waals surface area contributed by atoms with Crippen LogP contribution < -0.4 is 10.2 Å². The molecule has 0 saturated carbocycles. The first kappa shape index (κ1) is 25.1. The number of hydrogen-bond acceptors (Lipinski definition) is 4. The Kier molecular flexibility index (Phi) is 7.07. The smallest absolute Gasteiger partial charge is 0.291 e. The van der Waals surface area contributed by atoms with Crippen LogP contribution in [0.5, 0.6) is 5.75 Å². The third-order valence-corrected chi connectivity index (χ3v) is 7.25. The molecule has 1 aliphatic heterocycles. The van der Waals surface area contributed by atoms with E-state index < -0.39 is 6.04 Å². The van der Waals surface area contributed by atoms with Gasteiger partial charge in [0.2, 0.25) is 5.76 Å². The van der Waals surface area contributed by atoms with Crippen LogP contribution in [0.4, 0.5) is 0 Å². The highest BCUT2D eigenvalue weighted by molar-refractivity contribution is 6.31. The zero-order chi connectivity index (χ0) is 26.1. The molecule has 3 aromatic carbocycles. The Morgan fingerprint density at radius 1 is 1.00 bits per heavy atom. The molecule has 0 saturated heterocycles. The third-order valence-electron chi connectivity index (χ3n) is 6.89. The molecule has 1 aliphatic rings. The Morgan fingerprint density at radius 3 is 2.59 bits per heavy atom. The highest BCUT2D eigenvalue weighted by Gasteiger charge is 2.43. The maximum atomic E-state index is 14.0. The number of hydrogen-bond donors (Lipinski definition) is 0. The van der Waals surface area contributed by atoms with E-state index >= 15 is 0 Å². The third kappa shape index (κ3) is 4.76. The summed E-state index contributed by atoms with van der Waals surface area (Å²) in [4.78, 5) is 29.4. The number of nitrogens with zero attached hydrogens (tertiary/aromatic N) is 1. The van der Waals surface area contributed by atoms with Gasteiger partial charge in [-0.05, 0) is 66.8 Å². The molecule has 1 amide bonds. The lowest BCUT2D eigenvalue weighted by Crippen LogP contribution is -2.29. The molecule has 1 unspecified atom stereocenters. The summed E-state index contributed by atoms with van der Waals surface area (Å²) in [6, 6.07) is 18.2. The molecule has 0 N–H and O–H groups in total. The minimum atomic E-state index is -0.626. The van der Waals surface area contributed by atoms with Crippen LogP contribution in [0.1, 0.15) is 70.6 Å². The second-order valence-electron chi connectivity index (χ2n) is 9.69. The van der Waals surface area contributed by atoms with E-state index in [1.807, 2.05) is 68.4 Å². The molecule has 0 spiro atoms. The van der Waals surface area contributed by atoms with Crippen molar-refractivity contribution in [3.63, 3.8) is 0 Å². The SMILES string of the molecule is CCCCCOc1cccc(C2c3c(oc4c(C)cc(C)cc4c3=O)C(=O)N2Cc2ccccc2Cl)c1. The number of halogens is 1.